The first-order valence-corrected chi connectivity index (χ1v) is 7.25. The summed E-state index contributed by atoms with van der Waals surface area (Å²) in [5.74, 6) is 0. The molecule has 3 heteroatoms. The molecule has 0 radical (unpaired) electrons. The maximum Gasteiger partial charge on any atom is 0.0587 e. The second-order valence-electron chi connectivity index (χ2n) is 5.20. The highest BCUT2D eigenvalue weighted by Crippen LogP contribution is 2.21. The molecule has 0 aliphatic carbocycles. The Morgan fingerprint density at radius 2 is 2.18 bits per heavy atom. The van der Waals surface area contributed by atoms with Gasteiger partial charge >= 0.3 is 0 Å². The third kappa shape index (κ3) is 5.36. The van der Waals surface area contributed by atoms with Crippen LogP contribution in [0.2, 0.25) is 0 Å². The largest absolute Gasteiger partial charge is 0.383 e. The number of hydrogen-bond acceptors (Lipinski definition) is 3. The predicted molar refractivity (Wildman–Crippen MR) is 73.5 cm³/mol. The van der Waals surface area contributed by atoms with Crippen LogP contribution in [0.5, 0.6) is 0 Å². The normalized spacial score (nSPS) is 24.5. The summed E-state index contributed by atoms with van der Waals surface area (Å²) in [6.45, 7) is 8.82. The van der Waals surface area contributed by atoms with E-state index in [9.17, 15) is 0 Å². The van der Waals surface area contributed by atoms with Crippen LogP contribution in [0.4, 0.5) is 0 Å². The maximum absolute atomic E-state index is 5.06. The lowest BCUT2D eigenvalue weighted by Crippen LogP contribution is -2.46. The first-order chi connectivity index (χ1) is 8.29. The topological polar surface area (TPSA) is 24.5 Å². The molecule has 1 saturated heterocycles. The molecule has 0 aromatic rings. The predicted octanol–water partition coefficient (Wildman–Crippen LogP) is 2.27. The van der Waals surface area contributed by atoms with Crippen molar-refractivity contribution >= 4 is 0 Å². The minimum absolute atomic E-state index is 0.648. The van der Waals surface area contributed by atoms with Gasteiger partial charge in [0.2, 0.25) is 0 Å². The average molecular weight is 242 g/mol. The van der Waals surface area contributed by atoms with Crippen LogP contribution in [0.3, 0.4) is 0 Å². The minimum Gasteiger partial charge on any atom is -0.383 e. The van der Waals surface area contributed by atoms with Crippen molar-refractivity contribution in [3.63, 3.8) is 0 Å². The number of hydrogen-bond donors (Lipinski definition) is 1. The van der Waals surface area contributed by atoms with E-state index in [1.165, 1.54) is 38.6 Å². The van der Waals surface area contributed by atoms with Crippen LogP contribution < -0.4 is 5.32 Å². The Kier molecular flexibility index (Phi) is 7.82. The van der Waals surface area contributed by atoms with Crippen LogP contribution in [0, 0.1) is 0 Å². The van der Waals surface area contributed by atoms with Gasteiger partial charge in [-0.05, 0) is 32.7 Å². The Morgan fingerprint density at radius 1 is 1.35 bits per heavy atom. The molecule has 1 fully saturated rings. The number of ether oxygens (including phenoxy) is 1. The molecule has 0 bridgehead atoms. The van der Waals surface area contributed by atoms with E-state index in [0.29, 0.717) is 6.04 Å². The SMILES string of the molecule is CCC1CCCCCN1C(C)CNCCOC. The van der Waals surface area contributed by atoms with Gasteiger partial charge in [0.1, 0.15) is 0 Å². The van der Waals surface area contributed by atoms with Crippen molar-refractivity contribution in [2.45, 2.75) is 58.0 Å². The Hall–Kier alpha value is -0.120. The first-order valence-electron chi connectivity index (χ1n) is 7.25. The molecule has 0 aromatic heterocycles. The molecule has 0 saturated carbocycles. The molecule has 2 unspecified atom stereocenters. The zero-order chi connectivity index (χ0) is 12.5. The zero-order valence-corrected chi connectivity index (χ0v) is 11.9. The third-order valence-electron chi connectivity index (χ3n) is 3.88. The fraction of sp³-hybridized carbons (Fsp3) is 1.00. The first kappa shape index (κ1) is 14.9. The van der Waals surface area contributed by atoms with Gasteiger partial charge in [-0.2, -0.15) is 0 Å². The molecule has 1 N–H and O–H groups in total. The van der Waals surface area contributed by atoms with Crippen molar-refractivity contribution in [3.05, 3.63) is 0 Å². The number of likely N-dealkylation sites (tertiary alicyclic amines) is 1. The summed E-state index contributed by atoms with van der Waals surface area (Å²) < 4.78 is 5.06. The lowest BCUT2D eigenvalue weighted by atomic mass is 10.1. The Labute approximate surface area is 107 Å². The van der Waals surface area contributed by atoms with Gasteiger partial charge in [0.05, 0.1) is 6.61 Å². The van der Waals surface area contributed by atoms with E-state index in [0.717, 1.165) is 25.7 Å². The number of nitrogens with zero attached hydrogens (tertiary/aromatic N) is 1. The highest BCUT2D eigenvalue weighted by Gasteiger charge is 2.23. The highest BCUT2D eigenvalue weighted by atomic mass is 16.5. The van der Waals surface area contributed by atoms with Gasteiger partial charge in [0.15, 0.2) is 0 Å². The van der Waals surface area contributed by atoms with E-state index in [2.05, 4.69) is 24.1 Å². The monoisotopic (exact) mass is 242 g/mol. The second kappa shape index (κ2) is 8.90. The van der Waals surface area contributed by atoms with Gasteiger partial charge in [-0.15, -0.1) is 0 Å². The van der Waals surface area contributed by atoms with E-state index in [1.807, 2.05) is 0 Å². The molecule has 1 aliphatic rings. The molecule has 0 aromatic carbocycles. The van der Waals surface area contributed by atoms with Gasteiger partial charge in [-0.1, -0.05) is 19.8 Å². The van der Waals surface area contributed by atoms with E-state index >= 15 is 0 Å². The molecule has 3 nitrogen and oxygen atoms in total. The van der Waals surface area contributed by atoms with Crippen LogP contribution in [0.1, 0.15) is 46.0 Å². The van der Waals surface area contributed by atoms with Gasteiger partial charge < -0.3 is 10.1 Å². The summed E-state index contributed by atoms with van der Waals surface area (Å²) in [5.41, 5.74) is 0. The second-order valence-corrected chi connectivity index (χ2v) is 5.20. The summed E-state index contributed by atoms with van der Waals surface area (Å²) in [6, 6.07) is 1.45. The molecule has 102 valence electrons. The molecule has 0 amide bonds. The van der Waals surface area contributed by atoms with Crippen molar-refractivity contribution in [1.82, 2.24) is 10.2 Å². The van der Waals surface area contributed by atoms with Crippen LogP contribution in [-0.4, -0.2) is 50.3 Å². The number of rotatable bonds is 7. The standard InChI is InChI=1S/C14H30N2O/c1-4-14-8-6-5-7-10-16(14)13(2)12-15-9-11-17-3/h13-15H,4-12H2,1-3H3. The molecule has 1 aliphatic heterocycles. The summed E-state index contributed by atoms with van der Waals surface area (Å²) in [5, 5.41) is 3.48. The van der Waals surface area contributed by atoms with E-state index in [4.69, 9.17) is 4.74 Å². The van der Waals surface area contributed by atoms with E-state index < -0.39 is 0 Å². The van der Waals surface area contributed by atoms with E-state index in [1.54, 1.807) is 7.11 Å². The quantitative estimate of drug-likeness (QED) is 0.693. The lowest BCUT2D eigenvalue weighted by Gasteiger charge is -2.35. The molecule has 0 spiro atoms. The van der Waals surface area contributed by atoms with Crippen molar-refractivity contribution in [3.8, 4) is 0 Å². The third-order valence-corrected chi connectivity index (χ3v) is 3.88. The maximum atomic E-state index is 5.06. The molecular weight excluding hydrogens is 212 g/mol. The molecule has 1 rings (SSSR count). The highest BCUT2D eigenvalue weighted by molar-refractivity contribution is 4.79. The smallest absolute Gasteiger partial charge is 0.0587 e. The van der Waals surface area contributed by atoms with Crippen molar-refractivity contribution in [2.24, 2.45) is 0 Å². The molecule has 2 atom stereocenters. The van der Waals surface area contributed by atoms with Gasteiger partial charge in [-0.3, -0.25) is 4.90 Å². The van der Waals surface area contributed by atoms with Gasteiger partial charge in [-0.25, -0.2) is 0 Å². The minimum atomic E-state index is 0.648. The van der Waals surface area contributed by atoms with Crippen LogP contribution in [0.15, 0.2) is 0 Å². The lowest BCUT2D eigenvalue weighted by molar-refractivity contribution is 0.136. The van der Waals surface area contributed by atoms with Gasteiger partial charge in [0.25, 0.3) is 0 Å². The summed E-state index contributed by atoms with van der Waals surface area (Å²) in [7, 11) is 1.76. The fourth-order valence-electron chi connectivity index (χ4n) is 2.82. The van der Waals surface area contributed by atoms with Gasteiger partial charge in [0, 0.05) is 32.3 Å². The van der Waals surface area contributed by atoms with Crippen LogP contribution >= 0.6 is 0 Å². The number of nitrogens with one attached hydrogen (secondary N) is 1. The Morgan fingerprint density at radius 3 is 2.88 bits per heavy atom. The van der Waals surface area contributed by atoms with Crippen molar-refractivity contribution in [2.75, 3.05) is 33.4 Å². The summed E-state index contributed by atoms with van der Waals surface area (Å²) in [4.78, 5) is 2.72. The van der Waals surface area contributed by atoms with Crippen LogP contribution in [0.25, 0.3) is 0 Å². The van der Waals surface area contributed by atoms with Crippen molar-refractivity contribution in [1.29, 1.82) is 0 Å². The summed E-state index contributed by atoms with van der Waals surface area (Å²) >= 11 is 0. The average Bonchev–Trinajstić information content (AvgIpc) is 2.59. The Bertz CT molecular complexity index is 187. The van der Waals surface area contributed by atoms with E-state index in [-0.39, 0.29) is 0 Å². The zero-order valence-electron chi connectivity index (χ0n) is 11.9. The van der Waals surface area contributed by atoms with Crippen molar-refractivity contribution < 1.29 is 4.74 Å². The molecule has 17 heavy (non-hydrogen) atoms. The molecule has 1 heterocycles. The van der Waals surface area contributed by atoms with Crippen LogP contribution in [-0.2, 0) is 4.74 Å². The molecular formula is C14H30N2O. The summed E-state index contributed by atoms with van der Waals surface area (Å²) in [6.07, 6.45) is 6.88. The fourth-order valence-corrected chi connectivity index (χ4v) is 2.82. The number of methoxy groups -OCH3 is 1. The Balaban J connectivity index is 2.32.